The Bertz CT molecular complexity index is 267. The van der Waals surface area contributed by atoms with E-state index in [0.29, 0.717) is 13.0 Å². The first-order valence-corrected chi connectivity index (χ1v) is 6.56. The molecule has 0 aromatic heterocycles. The Labute approximate surface area is 92.5 Å². The molecule has 1 atom stereocenters. The van der Waals surface area contributed by atoms with Crippen LogP contribution in [0.4, 0.5) is 0 Å². The molecule has 0 aliphatic rings. The third-order valence-electron chi connectivity index (χ3n) is 2.03. The summed E-state index contributed by atoms with van der Waals surface area (Å²) in [5.41, 5.74) is 0. The van der Waals surface area contributed by atoms with Crippen LogP contribution in [0, 0.1) is 0 Å². The monoisotopic (exact) mass is 241 g/mol. The van der Waals surface area contributed by atoms with Crippen molar-refractivity contribution in [2.75, 3.05) is 13.6 Å². The Kier molecular flexibility index (Phi) is 4.88. The van der Waals surface area contributed by atoms with E-state index in [-0.39, 0.29) is 5.38 Å². The maximum atomic E-state index is 11.8. The average molecular weight is 242 g/mol. The standard InChI is InChI=1S/C9H20ClNO2S/c1-8(10)6-7-11(5)14(12,13)9(2,3)4/h8H,6-7H2,1-5H3. The van der Waals surface area contributed by atoms with E-state index in [0.717, 1.165) is 0 Å². The molecule has 0 saturated carbocycles. The number of nitrogens with zero attached hydrogens (tertiary/aromatic N) is 1. The van der Waals surface area contributed by atoms with Crippen molar-refractivity contribution >= 4 is 21.6 Å². The quantitative estimate of drug-likeness (QED) is 0.707. The fourth-order valence-electron chi connectivity index (χ4n) is 0.947. The molecule has 0 bridgehead atoms. The number of halogens is 1. The molecule has 0 aliphatic carbocycles. The van der Waals surface area contributed by atoms with Crippen LogP contribution in [0.1, 0.15) is 34.1 Å². The Morgan fingerprint density at radius 1 is 1.36 bits per heavy atom. The first-order valence-electron chi connectivity index (χ1n) is 4.69. The zero-order chi connectivity index (χ0) is 11.6. The van der Waals surface area contributed by atoms with Gasteiger partial charge in [-0.05, 0) is 34.1 Å². The van der Waals surface area contributed by atoms with E-state index in [9.17, 15) is 8.42 Å². The summed E-state index contributed by atoms with van der Waals surface area (Å²) < 4.78 is 24.3. The third kappa shape index (κ3) is 3.75. The number of alkyl halides is 1. The summed E-state index contributed by atoms with van der Waals surface area (Å²) in [4.78, 5) is 0. The number of rotatable bonds is 4. The van der Waals surface area contributed by atoms with Gasteiger partial charge >= 0.3 is 0 Å². The van der Waals surface area contributed by atoms with Crippen LogP contribution < -0.4 is 0 Å². The van der Waals surface area contributed by atoms with Gasteiger partial charge in [0.25, 0.3) is 0 Å². The lowest BCUT2D eigenvalue weighted by atomic mass is 10.3. The molecule has 3 nitrogen and oxygen atoms in total. The Balaban J connectivity index is 4.47. The predicted molar refractivity (Wildman–Crippen MR) is 61.2 cm³/mol. The molecule has 0 aromatic rings. The van der Waals surface area contributed by atoms with Gasteiger partial charge in [-0.2, -0.15) is 0 Å². The lowest BCUT2D eigenvalue weighted by Gasteiger charge is -2.27. The summed E-state index contributed by atoms with van der Waals surface area (Å²) in [6.07, 6.45) is 0.674. The molecule has 0 radical (unpaired) electrons. The minimum Gasteiger partial charge on any atom is -0.212 e. The van der Waals surface area contributed by atoms with Crippen LogP contribution >= 0.6 is 11.6 Å². The third-order valence-corrected chi connectivity index (χ3v) is 4.80. The molecule has 0 N–H and O–H groups in total. The van der Waals surface area contributed by atoms with Crippen molar-refractivity contribution in [2.24, 2.45) is 0 Å². The Morgan fingerprint density at radius 3 is 2.07 bits per heavy atom. The van der Waals surface area contributed by atoms with Crippen LogP contribution in [0.5, 0.6) is 0 Å². The molecule has 0 saturated heterocycles. The molecule has 0 rings (SSSR count). The van der Waals surface area contributed by atoms with Crippen LogP contribution in [-0.4, -0.2) is 36.4 Å². The molecule has 0 heterocycles. The molecule has 5 heteroatoms. The van der Waals surface area contributed by atoms with Crippen molar-refractivity contribution in [3.05, 3.63) is 0 Å². The Morgan fingerprint density at radius 2 is 1.79 bits per heavy atom. The summed E-state index contributed by atoms with van der Waals surface area (Å²) in [6, 6.07) is 0. The van der Waals surface area contributed by atoms with Gasteiger partial charge in [0.15, 0.2) is 0 Å². The van der Waals surface area contributed by atoms with Gasteiger partial charge < -0.3 is 0 Å². The lowest BCUT2D eigenvalue weighted by molar-refractivity contribution is 0.438. The lowest BCUT2D eigenvalue weighted by Crippen LogP contribution is -2.41. The summed E-state index contributed by atoms with van der Waals surface area (Å²) >= 11 is 5.76. The highest BCUT2D eigenvalue weighted by atomic mass is 35.5. The largest absolute Gasteiger partial charge is 0.218 e. The van der Waals surface area contributed by atoms with E-state index < -0.39 is 14.8 Å². The van der Waals surface area contributed by atoms with E-state index in [1.165, 1.54) is 4.31 Å². The maximum Gasteiger partial charge on any atom is 0.218 e. The second-order valence-corrected chi connectivity index (χ2v) is 8.05. The van der Waals surface area contributed by atoms with Gasteiger partial charge in [0.2, 0.25) is 10.0 Å². The molecule has 1 unspecified atom stereocenters. The van der Waals surface area contributed by atoms with Crippen molar-refractivity contribution in [1.82, 2.24) is 4.31 Å². The number of sulfonamides is 1. The molecule has 0 fully saturated rings. The van der Waals surface area contributed by atoms with Gasteiger partial charge in [0, 0.05) is 19.0 Å². The van der Waals surface area contributed by atoms with Gasteiger partial charge in [0.05, 0.1) is 4.75 Å². The second kappa shape index (κ2) is 4.81. The van der Waals surface area contributed by atoms with Crippen molar-refractivity contribution in [1.29, 1.82) is 0 Å². The number of hydrogen-bond donors (Lipinski definition) is 0. The molecular formula is C9H20ClNO2S. The van der Waals surface area contributed by atoms with Crippen LogP contribution in [0.3, 0.4) is 0 Å². The Hall–Kier alpha value is 0.200. The van der Waals surface area contributed by atoms with Gasteiger partial charge in [-0.25, -0.2) is 12.7 Å². The molecule has 0 aliphatic heterocycles. The fraction of sp³-hybridized carbons (Fsp3) is 1.00. The smallest absolute Gasteiger partial charge is 0.212 e. The maximum absolute atomic E-state index is 11.8. The fourth-order valence-corrected chi connectivity index (χ4v) is 2.33. The topological polar surface area (TPSA) is 37.4 Å². The average Bonchev–Trinajstić information content (AvgIpc) is 1.97. The van der Waals surface area contributed by atoms with Crippen LogP contribution in [0.15, 0.2) is 0 Å². The van der Waals surface area contributed by atoms with Crippen LogP contribution in [-0.2, 0) is 10.0 Å². The van der Waals surface area contributed by atoms with E-state index in [1.54, 1.807) is 27.8 Å². The van der Waals surface area contributed by atoms with Crippen molar-refractivity contribution in [2.45, 2.75) is 44.2 Å². The molecule has 0 amide bonds. The minimum absolute atomic E-state index is 0.00705. The van der Waals surface area contributed by atoms with Crippen LogP contribution in [0.2, 0.25) is 0 Å². The van der Waals surface area contributed by atoms with Gasteiger partial charge in [-0.15, -0.1) is 11.6 Å². The molecule has 14 heavy (non-hydrogen) atoms. The zero-order valence-electron chi connectivity index (χ0n) is 9.54. The molecule has 86 valence electrons. The molecular weight excluding hydrogens is 222 g/mol. The summed E-state index contributed by atoms with van der Waals surface area (Å²) in [5.74, 6) is 0. The van der Waals surface area contributed by atoms with E-state index >= 15 is 0 Å². The first-order chi connectivity index (χ1) is 6.09. The van der Waals surface area contributed by atoms with Gasteiger partial charge in [-0.3, -0.25) is 0 Å². The SMILES string of the molecule is CC(Cl)CCN(C)S(=O)(=O)C(C)(C)C. The predicted octanol–water partition coefficient (Wildman–Crippen LogP) is 2.06. The highest BCUT2D eigenvalue weighted by molar-refractivity contribution is 7.90. The van der Waals surface area contributed by atoms with Crippen LogP contribution in [0.25, 0.3) is 0 Å². The van der Waals surface area contributed by atoms with E-state index in [2.05, 4.69) is 0 Å². The normalized spacial score (nSPS) is 15.9. The van der Waals surface area contributed by atoms with E-state index in [1.807, 2.05) is 6.92 Å². The van der Waals surface area contributed by atoms with Gasteiger partial charge in [0.1, 0.15) is 0 Å². The summed E-state index contributed by atoms with van der Waals surface area (Å²) in [5, 5.41) is 0.00705. The van der Waals surface area contributed by atoms with E-state index in [4.69, 9.17) is 11.6 Å². The summed E-state index contributed by atoms with van der Waals surface area (Å²) in [7, 11) is -1.60. The van der Waals surface area contributed by atoms with Crippen molar-refractivity contribution < 1.29 is 8.42 Å². The second-order valence-electron chi connectivity index (χ2n) is 4.51. The summed E-state index contributed by atoms with van der Waals surface area (Å²) in [6.45, 7) is 7.43. The highest BCUT2D eigenvalue weighted by Gasteiger charge is 2.32. The minimum atomic E-state index is -3.20. The van der Waals surface area contributed by atoms with Crippen molar-refractivity contribution in [3.8, 4) is 0 Å². The zero-order valence-corrected chi connectivity index (χ0v) is 11.1. The highest BCUT2D eigenvalue weighted by Crippen LogP contribution is 2.19. The first kappa shape index (κ1) is 14.2. The molecule has 0 spiro atoms. The number of hydrogen-bond acceptors (Lipinski definition) is 2. The van der Waals surface area contributed by atoms with Gasteiger partial charge in [-0.1, -0.05) is 0 Å². The van der Waals surface area contributed by atoms with Crippen molar-refractivity contribution in [3.63, 3.8) is 0 Å². The molecule has 0 aromatic carbocycles.